The molecule has 0 radical (unpaired) electrons. The molecule has 0 aliphatic heterocycles. The lowest BCUT2D eigenvalue weighted by atomic mass is 10.1. The van der Waals surface area contributed by atoms with Crippen molar-refractivity contribution in [1.29, 1.82) is 0 Å². The number of H-pyrrole nitrogens is 1. The van der Waals surface area contributed by atoms with E-state index in [0.717, 1.165) is 0 Å². The molecule has 1 aromatic rings. The number of aromatic amines is 1. The van der Waals surface area contributed by atoms with Crippen LogP contribution >= 0.6 is 0 Å². The number of hydrogen-bond acceptors (Lipinski definition) is 2. The predicted octanol–water partition coefficient (Wildman–Crippen LogP) is 0.542. The van der Waals surface area contributed by atoms with E-state index in [2.05, 4.69) is 5.10 Å². The van der Waals surface area contributed by atoms with E-state index in [9.17, 15) is 9.90 Å². The zero-order valence-electron chi connectivity index (χ0n) is 6.88. The molecule has 0 atom stereocenters. The molecule has 4 nitrogen and oxygen atoms in total. The van der Waals surface area contributed by atoms with Gasteiger partial charge in [0, 0.05) is 7.05 Å². The average Bonchev–Trinajstić information content (AvgIpc) is 2.07. The molecule has 1 heterocycles. The molecule has 0 amide bonds. The first kappa shape index (κ1) is 7.91. The first-order valence-corrected chi connectivity index (χ1v) is 3.52. The van der Waals surface area contributed by atoms with Crippen molar-refractivity contribution in [1.82, 2.24) is 9.78 Å². The molecule has 1 rings (SSSR count). The summed E-state index contributed by atoms with van der Waals surface area (Å²) in [6.07, 6.45) is 0. The summed E-state index contributed by atoms with van der Waals surface area (Å²) in [6.45, 7) is 3.73. The highest BCUT2D eigenvalue weighted by Crippen LogP contribution is 2.19. The van der Waals surface area contributed by atoms with E-state index in [1.54, 1.807) is 7.05 Å². The molecule has 0 unspecified atom stereocenters. The fourth-order valence-corrected chi connectivity index (χ4v) is 1.07. The average molecular weight is 156 g/mol. The number of rotatable bonds is 1. The van der Waals surface area contributed by atoms with Gasteiger partial charge in [-0.25, -0.2) is 0 Å². The van der Waals surface area contributed by atoms with Gasteiger partial charge in [0.05, 0.1) is 5.56 Å². The molecule has 4 heteroatoms. The molecule has 11 heavy (non-hydrogen) atoms. The van der Waals surface area contributed by atoms with Crippen molar-refractivity contribution in [2.75, 3.05) is 0 Å². The van der Waals surface area contributed by atoms with Gasteiger partial charge in [-0.05, 0) is 5.92 Å². The lowest BCUT2D eigenvalue weighted by Gasteiger charge is -1.99. The lowest BCUT2D eigenvalue weighted by Crippen LogP contribution is -2.07. The molecular formula is C7H12N2O2. The zero-order chi connectivity index (χ0) is 8.59. The predicted molar refractivity (Wildman–Crippen MR) is 41.8 cm³/mol. The van der Waals surface area contributed by atoms with Gasteiger partial charge >= 0.3 is 0 Å². The van der Waals surface area contributed by atoms with E-state index in [0.29, 0.717) is 5.56 Å². The van der Waals surface area contributed by atoms with Crippen LogP contribution in [0.5, 0.6) is 5.88 Å². The molecule has 0 aliphatic carbocycles. The standard InChI is InChI=1S/C7H12N2O2/c1-4(2)5-6(10)8-9(3)7(5)11/h4,11H,1-3H3,(H,8,10). The second kappa shape index (κ2) is 2.45. The Morgan fingerprint density at radius 2 is 2.09 bits per heavy atom. The summed E-state index contributed by atoms with van der Waals surface area (Å²) in [5, 5.41) is 11.8. The van der Waals surface area contributed by atoms with Gasteiger partial charge in [-0.2, -0.15) is 0 Å². The molecule has 0 aromatic carbocycles. The van der Waals surface area contributed by atoms with E-state index in [1.807, 2.05) is 13.8 Å². The van der Waals surface area contributed by atoms with Crippen LogP contribution in [-0.2, 0) is 7.05 Å². The van der Waals surface area contributed by atoms with Crippen LogP contribution in [-0.4, -0.2) is 14.9 Å². The maximum Gasteiger partial charge on any atom is 0.271 e. The normalized spacial score (nSPS) is 10.9. The minimum atomic E-state index is -0.208. The van der Waals surface area contributed by atoms with Crippen molar-refractivity contribution in [3.8, 4) is 5.88 Å². The van der Waals surface area contributed by atoms with Crippen LogP contribution in [0.3, 0.4) is 0 Å². The van der Waals surface area contributed by atoms with Crippen molar-refractivity contribution in [3.63, 3.8) is 0 Å². The summed E-state index contributed by atoms with van der Waals surface area (Å²) in [4.78, 5) is 11.1. The summed E-state index contributed by atoms with van der Waals surface area (Å²) in [7, 11) is 1.60. The zero-order valence-corrected chi connectivity index (χ0v) is 6.88. The summed E-state index contributed by atoms with van der Waals surface area (Å²) < 4.78 is 1.32. The Labute approximate surface area is 64.5 Å². The number of nitrogens with one attached hydrogen (secondary N) is 1. The minimum absolute atomic E-state index is 0.0324. The summed E-state index contributed by atoms with van der Waals surface area (Å²) in [6, 6.07) is 0. The smallest absolute Gasteiger partial charge is 0.271 e. The second-order valence-electron chi connectivity index (χ2n) is 2.89. The third kappa shape index (κ3) is 1.15. The van der Waals surface area contributed by atoms with E-state index in [1.165, 1.54) is 4.68 Å². The van der Waals surface area contributed by atoms with E-state index < -0.39 is 0 Å². The van der Waals surface area contributed by atoms with Gasteiger partial charge in [0.15, 0.2) is 0 Å². The maximum atomic E-state index is 11.1. The van der Waals surface area contributed by atoms with E-state index in [4.69, 9.17) is 0 Å². The van der Waals surface area contributed by atoms with Gasteiger partial charge in [-0.3, -0.25) is 14.6 Å². The van der Waals surface area contributed by atoms with Crippen molar-refractivity contribution in [3.05, 3.63) is 15.9 Å². The highest BCUT2D eigenvalue weighted by molar-refractivity contribution is 5.25. The molecule has 1 aromatic heterocycles. The largest absolute Gasteiger partial charge is 0.493 e. The topological polar surface area (TPSA) is 58.0 Å². The molecule has 2 N–H and O–H groups in total. The fourth-order valence-electron chi connectivity index (χ4n) is 1.07. The second-order valence-corrected chi connectivity index (χ2v) is 2.89. The fraction of sp³-hybridized carbons (Fsp3) is 0.571. The Balaban J connectivity index is 3.34. The molecule has 0 saturated heterocycles. The number of aryl methyl sites for hydroxylation is 1. The Bertz CT molecular complexity index is 309. The van der Waals surface area contributed by atoms with Crippen LogP contribution in [0.1, 0.15) is 25.3 Å². The third-order valence-corrected chi connectivity index (χ3v) is 1.65. The molecule has 0 saturated carbocycles. The number of aromatic nitrogens is 2. The Kier molecular flexibility index (Phi) is 1.76. The van der Waals surface area contributed by atoms with Gasteiger partial charge in [-0.15, -0.1) is 0 Å². The number of hydrogen-bond donors (Lipinski definition) is 2. The summed E-state index contributed by atoms with van der Waals surface area (Å²) >= 11 is 0. The molecular weight excluding hydrogens is 144 g/mol. The number of aromatic hydroxyl groups is 1. The Hall–Kier alpha value is -1.19. The van der Waals surface area contributed by atoms with Gasteiger partial charge < -0.3 is 5.11 Å². The third-order valence-electron chi connectivity index (χ3n) is 1.65. The van der Waals surface area contributed by atoms with Crippen molar-refractivity contribution < 1.29 is 5.11 Å². The van der Waals surface area contributed by atoms with Crippen LogP contribution in [0.15, 0.2) is 4.79 Å². The van der Waals surface area contributed by atoms with Gasteiger partial charge in [0.2, 0.25) is 5.88 Å². The quantitative estimate of drug-likeness (QED) is 0.623. The van der Waals surface area contributed by atoms with Gasteiger partial charge in [-0.1, -0.05) is 13.8 Å². The van der Waals surface area contributed by atoms with E-state index in [-0.39, 0.29) is 17.4 Å². The monoisotopic (exact) mass is 156 g/mol. The SMILES string of the molecule is CC(C)c1c(O)n(C)[nH]c1=O. The summed E-state index contributed by atoms with van der Waals surface area (Å²) in [5.74, 6) is 0.0879. The van der Waals surface area contributed by atoms with Crippen LogP contribution in [0.2, 0.25) is 0 Å². The van der Waals surface area contributed by atoms with Gasteiger partial charge in [0.1, 0.15) is 0 Å². The Morgan fingerprint density at radius 1 is 1.55 bits per heavy atom. The van der Waals surface area contributed by atoms with Crippen molar-refractivity contribution in [2.45, 2.75) is 19.8 Å². The Morgan fingerprint density at radius 3 is 2.27 bits per heavy atom. The molecule has 0 bridgehead atoms. The molecule has 0 spiro atoms. The van der Waals surface area contributed by atoms with Crippen LogP contribution in [0.4, 0.5) is 0 Å². The first-order valence-electron chi connectivity index (χ1n) is 3.52. The highest BCUT2D eigenvalue weighted by atomic mass is 16.3. The molecule has 62 valence electrons. The van der Waals surface area contributed by atoms with Crippen LogP contribution in [0.25, 0.3) is 0 Å². The molecule has 0 aliphatic rings. The van der Waals surface area contributed by atoms with Crippen molar-refractivity contribution >= 4 is 0 Å². The minimum Gasteiger partial charge on any atom is -0.493 e. The van der Waals surface area contributed by atoms with Crippen LogP contribution in [0, 0.1) is 0 Å². The van der Waals surface area contributed by atoms with Gasteiger partial charge in [0.25, 0.3) is 5.56 Å². The lowest BCUT2D eigenvalue weighted by molar-refractivity contribution is 0.412. The number of nitrogens with zero attached hydrogens (tertiary/aromatic N) is 1. The van der Waals surface area contributed by atoms with Crippen LogP contribution < -0.4 is 5.56 Å². The molecule has 0 fully saturated rings. The van der Waals surface area contributed by atoms with Crippen molar-refractivity contribution in [2.24, 2.45) is 7.05 Å². The highest BCUT2D eigenvalue weighted by Gasteiger charge is 2.14. The first-order chi connectivity index (χ1) is 5.04. The maximum absolute atomic E-state index is 11.1. The summed E-state index contributed by atoms with van der Waals surface area (Å²) in [5.41, 5.74) is 0.243. The van der Waals surface area contributed by atoms with E-state index >= 15 is 0 Å².